The maximum absolute atomic E-state index is 12.6. The number of benzene rings is 1. The molecule has 1 aliphatic carbocycles. The minimum Gasteiger partial charge on any atom is -0.497 e. The predicted octanol–water partition coefficient (Wildman–Crippen LogP) is 2.43. The van der Waals surface area contributed by atoms with Crippen molar-refractivity contribution >= 4 is 38.4 Å². The monoisotopic (exact) mass is 398 g/mol. The molecule has 0 bridgehead atoms. The maximum Gasteiger partial charge on any atom is 0.242 e. The van der Waals surface area contributed by atoms with Crippen LogP contribution < -0.4 is 15.2 Å². The van der Waals surface area contributed by atoms with Gasteiger partial charge in [-0.3, -0.25) is 0 Å². The van der Waals surface area contributed by atoms with Gasteiger partial charge in [-0.1, -0.05) is 12.8 Å². The minimum atomic E-state index is -3.63. The molecule has 0 radical (unpaired) electrons. The Hall–Kier alpha value is -0.340. The highest BCUT2D eigenvalue weighted by atomic mass is 79.9. The maximum atomic E-state index is 12.6. The van der Waals surface area contributed by atoms with Gasteiger partial charge in [0, 0.05) is 22.6 Å². The van der Waals surface area contributed by atoms with E-state index in [1.807, 2.05) is 0 Å². The molecule has 1 saturated carbocycles. The Morgan fingerprint density at radius 3 is 2.52 bits per heavy atom. The summed E-state index contributed by atoms with van der Waals surface area (Å²) in [6, 6.07) is 4.88. The fourth-order valence-corrected chi connectivity index (χ4v) is 5.01. The van der Waals surface area contributed by atoms with E-state index in [0.717, 1.165) is 25.7 Å². The number of rotatable bonds is 5. The number of nitrogens with one attached hydrogen (secondary N) is 1. The van der Waals surface area contributed by atoms with Gasteiger partial charge in [0.25, 0.3) is 0 Å². The number of sulfonamides is 1. The van der Waals surface area contributed by atoms with Crippen LogP contribution in [0.5, 0.6) is 5.75 Å². The lowest BCUT2D eigenvalue weighted by Gasteiger charge is -2.28. The molecule has 0 heterocycles. The van der Waals surface area contributed by atoms with Gasteiger partial charge in [-0.25, -0.2) is 13.1 Å². The van der Waals surface area contributed by atoms with E-state index in [9.17, 15) is 8.42 Å². The van der Waals surface area contributed by atoms with Gasteiger partial charge in [0.05, 0.1) is 12.0 Å². The van der Waals surface area contributed by atoms with Crippen molar-refractivity contribution in [2.24, 2.45) is 5.73 Å². The third-order valence-corrected chi connectivity index (χ3v) is 6.30. The van der Waals surface area contributed by atoms with Crippen molar-refractivity contribution in [3.05, 3.63) is 22.7 Å². The van der Waals surface area contributed by atoms with E-state index in [4.69, 9.17) is 10.5 Å². The molecule has 3 N–H and O–H groups in total. The number of methoxy groups -OCH3 is 1. The number of nitrogens with two attached hydrogens (primary N) is 1. The van der Waals surface area contributed by atoms with Crippen LogP contribution >= 0.6 is 28.3 Å². The molecule has 0 aliphatic heterocycles. The number of hydrogen-bond acceptors (Lipinski definition) is 4. The molecule has 0 atom stereocenters. The van der Waals surface area contributed by atoms with Crippen molar-refractivity contribution < 1.29 is 13.2 Å². The Morgan fingerprint density at radius 2 is 2.00 bits per heavy atom. The second kappa shape index (κ2) is 7.28. The Labute approximate surface area is 140 Å². The van der Waals surface area contributed by atoms with E-state index in [0.29, 0.717) is 16.8 Å². The lowest BCUT2D eigenvalue weighted by Crippen LogP contribution is -2.51. The van der Waals surface area contributed by atoms with Crippen molar-refractivity contribution in [3.8, 4) is 5.75 Å². The first-order valence-electron chi connectivity index (χ1n) is 6.50. The number of halogens is 2. The average molecular weight is 400 g/mol. The Balaban J connectivity index is 0.00000220. The Morgan fingerprint density at radius 1 is 1.38 bits per heavy atom. The van der Waals surface area contributed by atoms with Crippen molar-refractivity contribution in [1.82, 2.24) is 4.72 Å². The summed E-state index contributed by atoms with van der Waals surface area (Å²) in [5, 5.41) is 0. The smallest absolute Gasteiger partial charge is 0.242 e. The SMILES string of the molecule is COc1ccc(Br)c(S(=O)(=O)NC2(CN)CCCC2)c1.Cl. The highest BCUT2D eigenvalue weighted by Crippen LogP contribution is 2.32. The van der Waals surface area contributed by atoms with E-state index < -0.39 is 15.6 Å². The molecule has 0 amide bonds. The molecule has 0 saturated heterocycles. The fourth-order valence-electron chi connectivity index (χ4n) is 2.56. The van der Waals surface area contributed by atoms with E-state index >= 15 is 0 Å². The van der Waals surface area contributed by atoms with Crippen molar-refractivity contribution in [3.63, 3.8) is 0 Å². The highest BCUT2D eigenvalue weighted by Gasteiger charge is 2.37. The van der Waals surface area contributed by atoms with E-state index in [1.165, 1.54) is 13.2 Å². The summed E-state index contributed by atoms with van der Waals surface area (Å²) in [5.41, 5.74) is 5.27. The average Bonchev–Trinajstić information content (AvgIpc) is 2.87. The third kappa shape index (κ3) is 4.10. The topological polar surface area (TPSA) is 81.4 Å². The van der Waals surface area contributed by atoms with Crippen LogP contribution in [-0.2, 0) is 10.0 Å². The van der Waals surface area contributed by atoms with Gasteiger partial charge in [-0.05, 0) is 40.9 Å². The van der Waals surface area contributed by atoms with Crippen molar-refractivity contribution in [1.29, 1.82) is 0 Å². The Bertz CT molecular complexity index is 589. The van der Waals surface area contributed by atoms with Crippen LogP contribution in [0.2, 0.25) is 0 Å². The van der Waals surface area contributed by atoms with Crippen molar-refractivity contribution in [2.45, 2.75) is 36.1 Å². The molecule has 0 unspecified atom stereocenters. The molecule has 0 aromatic heterocycles. The summed E-state index contributed by atoms with van der Waals surface area (Å²) in [5.74, 6) is 0.502. The minimum absolute atomic E-state index is 0. The molecule has 0 spiro atoms. The first kappa shape index (κ1) is 18.7. The lowest BCUT2D eigenvalue weighted by atomic mass is 10.0. The predicted molar refractivity (Wildman–Crippen MR) is 88.5 cm³/mol. The van der Waals surface area contributed by atoms with Crippen LogP contribution in [0, 0.1) is 0 Å². The molecule has 120 valence electrons. The zero-order valence-electron chi connectivity index (χ0n) is 11.8. The molecule has 1 aromatic carbocycles. The first-order chi connectivity index (χ1) is 9.42. The van der Waals surface area contributed by atoms with Gasteiger partial charge in [-0.15, -0.1) is 12.4 Å². The van der Waals surface area contributed by atoms with Gasteiger partial charge in [0.2, 0.25) is 10.0 Å². The number of hydrogen-bond donors (Lipinski definition) is 2. The number of ether oxygens (including phenoxy) is 1. The van der Waals surface area contributed by atoms with Gasteiger partial charge < -0.3 is 10.5 Å². The molecular weight excluding hydrogens is 380 g/mol. The normalized spacial score (nSPS) is 17.3. The largest absolute Gasteiger partial charge is 0.497 e. The molecule has 2 rings (SSSR count). The zero-order valence-corrected chi connectivity index (χ0v) is 15.0. The third-order valence-electron chi connectivity index (χ3n) is 3.73. The summed E-state index contributed by atoms with van der Waals surface area (Å²) < 4.78 is 33.6. The molecule has 1 fully saturated rings. The Kier molecular flexibility index (Phi) is 6.49. The quantitative estimate of drug-likeness (QED) is 0.797. The highest BCUT2D eigenvalue weighted by molar-refractivity contribution is 9.10. The second-order valence-electron chi connectivity index (χ2n) is 5.09. The van der Waals surface area contributed by atoms with Gasteiger partial charge in [-0.2, -0.15) is 0 Å². The van der Waals surface area contributed by atoms with Crippen LogP contribution in [0.15, 0.2) is 27.6 Å². The first-order valence-corrected chi connectivity index (χ1v) is 8.78. The van der Waals surface area contributed by atoms with Crippen LogP contribution in [0.4, 0.5) is 0 Å². The van der Waals surface area contributed by atoms with Crippen LogP contribution in [-0.4, -0.2) is 27.6 Å². The van der Waals surface area contributed by atoms with Gasteiger partial charge in [0.1, 0.15) is 5.75 Å². The fraction of sp³-hybridized carbons (Fsp3) is 0.538. The van der Waals surface area contributed by atoms with Crippen LogP contribution in [0.25, 0.3) is 0 Å². The zero-order chi connectivity index (χ0) is 14.8. The van der Waals surface area contributed by atoms with E-state index in [-0.39, 0.29) is 17.3 Å². The van der Waals surface area contributed by atoms with E-state index in [1.54, 1.807) is 12.1 Å². The molecule has 8 heteroatoms. The molecular formula is C13H20BrClN2O3S. The van der Waals surface area contributed by atoms with Gasteiger partial charge >= 0.3 is 0 Å². The van der Waals surface area contributed by atoms with Crippen LogP contribution in [0.1, 0.15) is 25.7 Å². The standard InChI is InChI=1S/C13H19BrN2O3S.ClH/c1-19-10-4-5-11(14)12(8-10)20(17,18)16-13(9-15)6-2-3-7-13;/h4-5,8,16H,2-3,6-7,9,15H2,1H3;1H. The van der Waals surface area contributed by atoms with Crippen LogP contribution in [0.3, 0.4) is 0 Å². The summed E-state index contributed by atoms with van der Waals surface area (Å²) in [6.45, 7) is 0.313. The molecule has 5 nitrogen and oxygen atoms in total. The summed E-state index contributed by atoms with van der Waals surface area (Å²) >= 11 is 3.28. The molecule has 1 aromatic rings. The molecule has 1 aliphatic rings. The van der Waals surface area contributed by atoms with Gasteiger partial charge in [0.15, 0.2) is 0 Å². The van der Waals surface area contributed by atoms with E-state index in [2.05, 4.69) is 20.7 Å². The second-order valence-corrected chi connectivity index (χ2v) is 7.60. The summed E-state index contributed by atoms with van der Waals surface area (Å²) in [7, 11) is -2.13. The summed E-state index contributed by atoms with van der Waals surface area (Å²) in [4.78, 5) is 0.177. The molecule has 21 heavy (non-hydrogen) atoms. The van der Waals surface area contributed by atoms with Crippen molar-refractivity contribution in [2.75, 3.05) is 13.7 Å². The summed E-state index contributed by atoms with van der Waals surface area (Å²) in [6.07, 6.45) is 3.56. The lowest BCUT2D eigenvalue weighted by molar-refractivity contribution is 0.398.